The number of aromatic nitrogens is 1. The van der Waals surface area contributed by atoms with Crippen LogP contribution in [0.3, 0.4) is 0 Å². The highest BCUT2D eigenvalue weighted by Gasteiger charge is 2.31. The van der Waals surface area contributed by atoms with E-state index in [1.165, 1.54) is 24.0 Å². The van der Waals surface area contributed by atoms with Crippen molar-refractivity contribution in [1.82, 2.24) is 20.5 Å². The fraction of sp³-hybridized carbons (Fsp3) is 0.419. The Morgan fingerprint density at radius 3 is 2.66 bits per heavy atom. The number of rotatable bonds is 16. The molecule has 1 atom stereocenters. The van der Waals surface area contributed by atoms with E-state index in [1.807, 2.05) is 19.1 Å². The van der Waals surface area contributed by atoms with Gasteiger partial charge in [-0.25, -0.2) is 10.5 Å². The molecule has 0 saturated heterocycles. The summed E-state index contributed by atoms with van der Waals surface area (Å²) in [5.74, 6) is 0.234. The SMILES string of the molecule is C=CCCC(C(=O)NC)N1Cc2cc(CCCCCCCNC(=C)c3ccc(NF)nc3C)ccc2C1=C. The first kappa shape index (κ1) is 29.0. The molecule has 1 aliphatic rings. The Morgan fingerprint density at radius 2 is 1.95 bits per heavy atom. The van der Waals surface area contributed by atoms with Gasteiger partial charge in [0.1, 0.15) is 6.04 Å². The largest absolute Gasteiger partial charge is 0.385 e. The van der Waals surface area contributed by atoms with Crippen LogP contribution in [0.4, 0.5) is 10.3 Å². The summed E-state index contributed by atoms with van der Waals surface area (Å²) in [6.45, 7) is 15.6. The summed E-state index contributed by atoms with van der Waals surface area (Å²) in [6, 6.07) is 9.86. The number of nitrogens with zero attached hydrogens (tertiary/aromatic N) is 2. The number of allylic oxidation sites excluding steroid dienone is 1. The number of likely N-dealkylation sites (N-methyl/N-ethyl adjacent to an activating group) is 1. The Labute approximate surface area is 227 Å². The highest BCUT2D eigenvalue weighted by atomic mass is 19.2. The number of carbonyl (C=O) groups is 1. The number of unbranched alkanes of at least 4 members (excludes halogenated alkanes) is 4. The van der Waals surface area contributed by atoms with Crippen LogP contribution >= 0.6 is 0 Å². The monoisotopic (exact) mass is 519 g/mol. The molecule has 2 aromatic rings. The third-order valence-corrected chi connectivity index (χ3v) is 7.23. The predicted molar refractivity (Wildman–Crippen MR) is 156 cm³/mol. The number of benzene rings is 1. The maximum absolute atomic E-state index is 12.5. The molecule has 6 nitrogen and oxygen atoms in total. The predicted octanol–water partition coefficient (Wildman–Crippen LogP) is 6.31. The first-order valence-electron chi connectivity index (χ1n) is 13.6. The zero-order valence-corrected chi connectivity index (χ0v) is 22.9. The number of hydrogen-bond donors (Lipinski definition) is 3. The number of fused-ring (bicyclic) bond motifs is 1. The lowest BCUT2D eigenvalue weighted by Crippen LogP contribution is -2.42. The molecule has 7 heteroatoms. The van der Waals surface area contributed by atoms with Crippen molar-refractivity contribution in [2.75, 3.05) is 19.1 Å². The van der Waals surface area contributed by atoms with Gasteiger partial charge in [0.05, 0.1) is 0 Å². The Hall–Kier alpha value is -3.61. The zero-order chi connectivity index (χ0) is 27.5. The molecule has 1 unspecified atom stereocenters. The van der Waals surface area contributed by atoms with E-state index in [0.717, 1.165) is 79.8 Å². The second kappa shape index (κ2) is 14.4. The number of nitrogens with one attached hydrogen (secondary N) is 3. The zero-order valence-electron chi connectivity index (χ0n) is 22.9. The van der Waals surface area contributed by atoms with Crippen LogP contribution in [0.25, 0.3) is 11.4 Å². The average Bonchev–Trinajstić information content (AvgIpc) is 3.25. The van der Waals surface area contributed by atoms with Crippen molar-refractivity contribution in [3.8, 4) is 0 Å². The van der Waals surface area contributed by atoms with Gasteiger partial charge in [-0.3, -0.25) is 4.79 Å². The van der Waals surface area contributed by atoms with Gasteiger partial charge >= 0.3 is 0 Å². The molecule has 0 spiro atoms. The van der Waals surface area contributed by atoms with Crippen LogP contribution in [0.2, 0.25) is 0 Å². The number of halogens is 1. The Bertz CT molecular complexity index is 1150. The van der Waals surface area contributed by atoms with E-state index < -0.39 is 0 Å². The molecule has 1 aromatic heterocycles. The standard InChI is InChI=1S/C31H42FN5O/c1-6-7-14-29(31(38)33-5)37-21-26-20-25(15-16-28(26)24(37)4)13-11-9-8-10-12-19-34-22(2)27-17-18-30(36-32)35-23(27)3/h6,15-18,20,29,34H,1-2,4,7-14,19,21H2,3,5H3,(H,33,38)(H,35,36). The number of pyridine rings is 1. The fourth-order valence-corrected chi connectivity index (χ4v) is 5.07. The molecule has 1 aromatic carbocycles. The van der Waals surface area contributed by atoms with Crippen LogP contribution in [0.1, 0.15) is 72.9 Å². The van der Waals surface area contributed by atoms with E-state index in [1.54, 1.807) is 18.7 Å². The van der Waals surface area contributed by atoms with E-state index in [-0.39, 0.29) is 17.8 Å². The summed E-state index contributed by atoms with van der Waals surface area (Å²) in [5.41, 5.74) is 8.72. The first-order valence-corrected chi connectivity index (χ1v) is 13.6. The molecule has 3 N–H and O–H groups in total. The third kappa shape index (κ3) is 7.46. The maximum Gasteiger partial charge on any atom is 0.242 e. The summed E-state index contributed by atoms with van der Waals surface area (Å²) in [6.07, 6.45) is 10.2. The minimum absolute atomic E-state index is 0.0254. The normalized spacial score (nSPS) is 13.1. The van der Waals surface area contributed by atoms with Gasteiger partial charge < -0.3 is 15.5 Å². The molecule has 0 aliphatic carbocycles. The van der Waals surface area contributed by atoms with Crippen LogP contribution in [0.15, 0.2) is 56.1 Å². The van der Waals surface area contributed by atoms with Crippen LogP contribution in [-0.4, -0.2) is 35.4 Å². The van der Waals surface area contributed by atoms with Crippen molar-refractivity contribution in [3.05, 3.63) is 84.1 Å². The van der Waals surface area contributed by atoms with E-state index in [0.29, 0.717) is 0 Å². The van der Waals surface area contributed by atoms with E-state index in [4.69, 9.17) is 0 Å². The van der Waals surface area contributed by atoms with Crippen molar-refractivity contribution in [3.63, 3.8) is 0 Å². The van der Waals surface area contributed by atoms with Crippen LogP contribution < -0.4 is 16.2 Å². The minimum Gasteiger partial charge on any atom is -0.385 e. The van der Waals surface area contributed by atoms with Crippen molar-refractivity contribution in [1.29, 1.82) is 0 Å². The number of carbonyl (C=O) groups excluding carboxylic acids is 1. The highest BCUT2D eigenvalue weighted by Crippen LogP contribution is 2.35. The van der Waals surface area contributed by atoms with Crippen LogP contribution in [0.5, 0.6) is 0 Å². The molecule has 2 heterocycles. The second-order valence-electron chi connectivity index (χ2n) is 9.91. The van der Waals surface area contributed by atoms with Gasteiger partial charge in [-0.1, -0.05) is 56.7 Å². The van der Waals surface area contributed by atoms with E-state index in [9.17, 15) is 9.28 Å². The number of amides is 1. The van der Waals surface area contributed by atoms with Crippen molar-refractivity contribution in [2.45, 2.75) is 70.9 Å². The molecule has 3 rings (SSSR count). The topological polar surface area (TPSA) is 69.3 Å². The summed E-state index contributed by atoms with van der Waals surface area (Å²) < 4.78 is 12.5. The summed E-state index contributed by atoms with van der Waals surface area (Å²) in [7, 11) is 1.69. The smallest absolute Gasteiger partial charge is 0.242 e. The molecule has 38 heavy (non-hydrogen) atoms. The molecule has 0 radical (unpaired) electrons. The quantitative estimate of drug-likeness (QED) is 0.138. The lowest BCUT2D eigenvalue weighted by atomic mass is 10.0. The van der Waals surface area contributed by atoms with Crippen LogP contribution in [-0.2, 0) is 17.8 Å². The van der Waals surface area contributed by atoms with Gasteiger partial charge in [0.2, 0.25) is 5.91 Å². The summed E-state index contributed by atoms with van der Waals surface area (Å²) in [5, 5.41) is 6.17. The van der Waals surface area contributed by atoms with Crippen molar-refractivity contribution in [2.24, 2.45) is 0 Å². The highest BCUT2D eigenvalue weighted by molar-refractivity contribution is 5.84. The van der Waals surface area contributed by atoms with Gasteiger partial charge in [-0.15, -0.1) is 11.1 Å². The second-order valence-corrected chi connectivity index (χ2v) is 9.91. The van der Waals surface area contributed by atoms with Crippen molar-refractivity contribution < 1.29 is 9.28 Å². The number of aryl methyl sites for hydroxylation is 2. The lowest BCUT2D eigenvalue weighted by molar-refractivity contribution is -0.125. The van der Waals surface area contributed by atoms with Gasteiger partial charge in [-0.2, -0.15) is 0 Å². The van der Waals surface area contributed by atoms with Gasteiger partial charge in [0.15, 0.2) is 5.82 Å². The first-order chi connectivity index (χ1) is 18.4. The van der Waals surface area contributed by atoms with Crippen LogP contribution in [0, 0.1) is 6.92 Å². The molecule has 0 saturated carbocycles. The molecule has 0 bridgehead atoms. The summed E-state index contributed by atoms with van der Waals surface area (Å²) in [4.78, 5) is 18.8. The summed E-state index contributed by atoms with van der Waals surface area (Å²) >= 11 is 0. The Morgan fingerprint density at radius 1 is 1.18 bits per heavy atom. The average molecular weight is 520 g/mol. The molecule has 204 valence electrons. The third-order valence-electron chi connectivity index (χ3n) is 7.23. The van der Waals surface area contributed by atoms with Gasteiger partial charge in [0, 0.05) is 48.4 Å². The fourth-order valence-electron chi connectivity index (χ4n) is 5.07. The number of hydrogen-bond acceptors (Lipinski definition) is 5. The van der Waals surface area contributed by atoms with E-state index in [2.05, 4.69) is 58.5 Å². The molecular formula is C31H42FN5O. The van der Waals surface area contributed by atoms with E-state index >= 15 is 0 Å². The Balaban J connectivity index is 1.37. The Kier molecular flexibility index (Phi) is 10.9. The molecule has 1 aliphatic heterocycles. The van der Waals surface area contributed by atoms with Crippen molar-refractivity contribution >= 4 is 23.1 Å². The number of anilines is 1. The molecular weight excluding hydrogens is 477 g/mol. The molecule has 0 fully saturated rings. The minimum atomic E-state index is -0.229. The van der Waals surface area contributed by atoms with Gasteiger partial charge in [0.25, 0.3) is 0 Å². The molecule has 1 amide bonds. The lowest BCUT2D eigenvalue weighted by Gasteiger charge is -2.28. The maximum atomic E-state index is 12.5. The van der Waals surface area contributed by atoms with Gasteiger partial charge in [-0.05, 0) is 62.3 Å².